The third-order valence-corrected chi connectivity index (χ3v) is 3.49. The summed E-state index contributed by atoms with van der Waals surface area (Å²) in [7, 11) is 0. The van der Waals surface area contributed by atoms with Crippen molar-refractivity contribution < 1.29 is 4.39 Å². The second-order valence-electron chi connectivity index (χ2n) is 4.70. The molecule has 1 aliphatic heterocycles. The molecule has 0 saturated carbocycles. The van der Waals surface area contributed by atoms with Crippen LogP contribution in [-0.4, -0.2) is 37.1 Å². The standard InChI is InChI=1S/C14H21FN2/c1-2-13-11-17(10-8-16-13)9-7-12-5-3-4-6-14(12)15/h3-6,13,16H,2,7-11H2,1H3. The molecule has 0 aliphatic carbocycles. The number of halogens is 1. The number of piperazine rings is 1. The fraction of sp³-hybridized carbons (Fsp3) is 0.571. The second kappa shape index (κ2) is 6.12. The van der Waals surface area contributed by atoms with Crippen molar-refractivity contribution in [2.45, 2.75) is 25.8 Å². The predicted molar refractivity (Wildman–Crippen MR) is 68.6 cm³/mol. The molecular formula is C14H21FN2. The number of benzene rings is 1. The van der Waals surface area contributed by atoms with E-state index in [1.54, 1.807) is 12.1 Å². The Kier molecular flexibility index (Phi) is 4.51. The Morgan fingerprint density at radius 1 is 1.41 bits per heavy atom. The van der Waals surface area contributed by atoms with Gasteiger partial charge in [-0.3, -0.25) is 0 Å². The zero-order chi connectivity index (χ0) is 12.1. The minimum absolute atomic E-state index is 0.0744. The molecule has 0 spiro atoms. The van der Waals surface area contributed by atoms with Crippen LogP contribution in [-0.2, 0) is 6.42 Å². The zero-order valence-corrected chi connectivity index (χ0v) is 10.5. The van der Waals surface area contributed by atoms with Crippen LogP contribution in [0.3, 0.4) is 0 Å². The molecule has 1 aliphatic rings. The van der Waals surface area contributed by atoms with Crippen molar-refractivity contribution in [1.82, 2.24) is 10.2 Å². The molecule has 1 unspecified atom stereocenters. The number of rotatable bonds is 4. The summed E-state index contributed by atoms with van der Waals surface area (Å²) in [5.41, 5.74) is 0.832. The van der Waals surface area contributed by atoms with Gasteiger partial charge in [-0.25, -0.2) is 4.39 Å². The van der Waals surface area contributed by atoms with Crippen LogP contribution in [0.2, 0.25) is 0 Å². The molecule has 1 saturated heterocycles. The molecule has 1 fully saturated rings. The molecule has 2 rings (SSSR count). The van der Waals surface area contributed by atoms with Crippen LogP contribution in [0.25, 0.3) is 0 Å². The number of nitrogens with zero attached hydrogens (tertiary/aromatic N) is 1. The Hall–Kier alpha value is -0.930. The minimum Gasteiger partial charge on any atom is -0.311 e. The van der Waals surface area contributed by atoms with Crippen molar-refractivity contribution >= 4 is 0 Å². The van der Waals surface area contributed by atoms with E-state index in [-0.39, 0.29) is 5.82 Å². The SMILES string of the molecule is CCC1CN(CCc2ccccc2F)CCN1. The van der Waals surface area contributed by atoms with Crippen LogP contribution in [0.15, 0.2) is 24.3 Å². The van der Waals surface area contributed by atoms with Crippen LogP contribution in [0.5, 0.6) is 0 Å². The van der Waals surface area contributed by atoms with Gasteiger partial charge in [0.25, 0.3) is 0 Å². The van der Waals surface area contributed by atoms with Gasteiger partial charge in [0.05, 0.1) is 0 Å². The van der Waals surface area contributed by atoms with Crippen molar-refractivity contribution in [3.05, 3.63) is 35.6 Å². The van der Waals surface area contributed by atoms with Crippen molar-refractivity contribution in [3.63, 3.8) is 0 Å². The van der Waals surface area contributed by atoms with Gasteiger partial charge in [0, 0.05) is 32.2 Å². The molecule has 17 heavy (non-hydrogen) atoms. The lowest BCUT2D eigenvalue weighted by molar-refractivity contribution is 0.199. The van der Waals surface area contributed by atoms with E-state index in [1.807, 2.05) is 12.1 Å². The topological polar surface area (TPSA) is 15.3 Å². The normalized spacial score (nSPS) is 21.6. The Morgan fingerprint density at radius 3 is 3.00 bits per heavy atom. The summed E-state index contributed by atoms with van der Waals surface area (Å²) in [5.74, 6) is -0.0744. The second-order valence-corrected chi connectivity index (χ2v) is 4.70. The largest absolute Gasteiger partial charge is 0.311 e. The van der Waals surface area contributed by atoms with Gasteiger partial charge in [-0.05, 0) is 24.5 Å². The van der Waals surface area contributed by atoms with Crippen molar-refractivity contribution in [2.75, 3.05) is 26.2 Å². The van der Waals surface area contributed by atoms with E-state index in [1.165, 1.54) is 0 Å². The molecule has 0 amide bonds. The maximum atomic E-state index is 13.5. The van der Waals surface area contributed by atoms with Gasteiger partial charge in [-0.1, -0.05) is 25.1 Å². The lowest BCUT2D eigenvalue weighted by atomic mass is 10.1. The maximum absolute atomic E-state index is 13.5. The number of nitrogens with one attached hydrogen (secondary N) is 1. The van der Waals surface area contributed by atoms with Gasteiger partial charge < -0.3 is 10.2 Å². The van der Waals surface area contributed by atoms with Crippen molar-refractivity contribution in [3.8, 4) is 0 Å². The third-order valence-electron chi connectivity index (χ3n) is 3.49. The fourth-order valence-electron chi connectivity index (χ4n) is 2.35. The molecule has 94 valence electrons. The first kappa shape index (κ1) is 12.5. The maximum Gasteiger partial charge on any atom is 0.126 e. The Balaban J connectivity index is 1.84. The highest BCUT2D eigenvalue weighted by Crippen LogP contribution is 2.09. The molecule has 1 N–H and O–H groups in total. The van der Waals surface area contributed by atoms with Crippen LogP contribution in [0.1, 0.15) is 18.9 Å². The average molecular weight is 236 g/mol. The van der Waals surface area contributed by atoms with Gasteiger partial charge in [0.2, 0.25) is 0 Å². The van der Waals surface area contributed by atoms with Crippen molar-refractivity contribution in [2.24, 2.45) is 0 Å². The molecule has 3 heteroatoms. The first-order valence-corrected chi connectivity index (χ1v) is 6.48. The van der Waals surface area contributed by atoms with Gasteiger partial charge >= 0.3 is 0 Å². The quantitative estimate of drug-likeness (QED) is 0.860. The first-order valence-electron chi connectivity index (χ1n) is 6.48. The van der Waals surface area contributed by atoms with Gasteiger partial charge in [0.1, 0.15) is 5.82 Å². The molecule has 2 nitrogen and oxygen atoms in total. The van der Waals surface area contributed by atoms with E-state index in [0.717, 1.165) is 44.6 Å². The van der Waals surface area contributed by atoms with Gasteiger partial charge in [0.15, 0.2) is 0 Å². The fourth-order valence-corrected chi connectivity index (χ4v) is 2.35. The smallest absolute Gasteiger partial charge is 0.126 e. The molecule has 1 atom stereocenters. The van der Waals surface area contributed by atoms with Gasteiger partial charge in [-0.2, -0.15) is 0 Å². The van der Waals surface area contributed by atoms with E-state index < -0.39 is 0 Å². The Labute approximate surface area is 103 Å². The lowest BCUT2D eigenvalue weighted by Crippen LogP contribution is -2.50. The molecule has 0 bridgehead atoms. The highest BCUT2D eigenvalue weighted by molar-refractivity contribution is 5.17. The summed E-state index contributed by atoms with van der Waals surface area (Å²) in [6.07, 6.45) is 1.97. The summed E-state index contributed by atoms with van der Waals surface area (Å²) in [6, 6.07) is 7.68. The predicted octanol–water partition coefficient (Wildman–Crippen LogP) is 2.05. The lowest BCUT2D eigenvalue weighted by Gasteiger charge is -2.33. The Morgan fingerprint density at radius 2 is 2.24 bits per heavy atom. The minimum atomic E-state index is -0.0744. The summed E-state index contributed by atoms with van der Waals surface area (Å²) >= 11 is 0. The zero-order valence-electron chi connectivity index (χ0n) is 10.5. The molecule has 0 radical (unpaired) electrons. The first-order chi connectivity index (χ1) is 8.29. The van der Waals surface area contributed by atoms with E-state index in [9.17, 15) is 4.39 Å². The molecule has 0 aromatic heterocycles. The third kappa shape index (κ3) is 3.51. The van der Waals surface area contributed by atoms with Crippen LogP contribution in [0.4, 0.5) is 4.39 Å². The van der Waals surface area contributed by atoms with E-state index in [2.05, 4.69) is 17.1 Å². The van der Waals surface area contributed by atoms with Gasteiger partial charge in [-0.15, -0.1) is 0 Å². The number of hydrogen-bond acceptors (Lipinski definition) is 2. The summed E-state index contributed by atoms with van der Waals surface area (Å²) in [5, 5.41) is 3.49. The van der Waals surface area contributed by atoms with E-state index in [0.29, 0.717) is 6.04 Å². The molecule has 1 aromatic carbocycles. The molecule has 1 heterocycles. The van der Waals surface area contributed by atoms with Crippen LogP contribution < -0.4 is 5.32 Å². The molecular weight excluding hydrogens is 215 g/mol. The van der Waals surface area contributed by atoms with Crippen LogP contribution >= 0.6 is 0 Å². The van der Waals surface area contributed by atoms with Crippen LogP contribution in [0, 0.1) is 5.82 Å². The molecule has 1 aromatic rings. The number of hydrogen-bond donors (Lipinski definition) is 1. The summed E-state index contributed by atoms with van der Waals surface area (Å²) in [6.45, 7) is 6.38. The highest BCUT2D eigenvalue weighted by Gasteiger charge is 2.17. The van der Waals surface area contributed by atoms with Crippen molar-refractivity contribution in [1.29, 1.82) is 0 Å². The average Bonchev–Trinajstić information content (AvgIpc) is 2.38. The summed E-state index contributed by atoms with van der Waals surface area (Å²) < 4.78 is 13.5. The highest BCUT2D eigenvalue weighted by atomic mass is 19.1. The monoisotopic (exact) mass is 236 g/mol. The van der Waals surface area contributed by atoms with E-state index in [4.69, 9.17) is 0 Å². The Bertz CT molecular complexity index is 354. The summed E-state index contributed by atoms with van der Waals surface area (Å²) in [4.78, 5) is 2.43. The van der Waals surface area contributed by atoms with E-state index >= 15 is 0 Å².